The minimum absolute atomic E-state index is 0.0798. The number of fused-ring (bicyclic) bond motifs is 1. The second-order valence-corrected chi connectivity index (χ2v) is 10.4. The van der Waals surface area contributed by atoms with Crippen LogP contribution in [0.3, 0.4) is 0 Å². The Morgan fingerprint density at radius 1 is 1.32 bits per heavy atom. The Kier molecular flexibility index (Phi) is 7.10. The maximum atomic E-state index is 15.0. The maximum absolute atomic E-state index is 15.0. The highest BCUT2D eigenvalue weighted by molar-refractivity contribution is 8.15. The first-order valence-corrected chi connectivity index (χ1v) is 11.7. The second-order valence-electron chi connectivity index (χ2n) is 8.96. The predicted octanol–water partition coefficient (Wildman–Crippen LogP) is 4.57. The topological polar surface area (TPSA) is 98.8 Å². The van der Waals surface area contributed by atoms with Crippen molar-refractivity contribution < 1.29 is 40.6 Å². The van der Waals surface area contributed by atoms with Crippen molar-refractivity contribution in [2.75, 3.05) is 25.6 Å². The number of hydrogen-bond acceptors (Lipinski definition) is 7. The molecule has 7 nitrogen and oxygen atoms in total. The van der Waals surface area contributed by atoms with Crippen molar-refractivity contribution >= 4 is 28.5 Å². The number of nitrogens with one attached hydrogen (secondary N) is 1. The molecule has 2 heterocycles. The van der Waals surface area contributed by atoms with Crippen LogP contribution in [-0.2, 0) is 10.3 Å². The van der Waals surface area contributed by atoms with Crippen molar-refractivity contribution in [3.8, 4) is 5.75 Å². The zero-order valence-electron chi connectivity index (χ0n) is 19.5. The van der Waals surface area contributed by atoms with Crippen molar-refractivity contribution in [1.29, 1.82) is 0 Å². The van der Waals surface area contributed by atoms with Crippen LogP contribution < -0.4 is 15.8 Å². The first kappa shape index (κ1) is 27.0. The molecule has 1 unspecified atom stereocenters. The normalized spacial score (nSPS) is 24.9. The summed E-state index contributed by atoms with van der Waals surface area (Å²) in [5, 5.41) is 2.62. The Labute approximate surface area is 211 Å². The van der Waals surface area contributed by atoms with Gasteiger partial charge in [0.15, 0.2) is 23.4 Å². The number of anilines is 1. The van der Waals surface area contributed by atoms with Crippen LogP contribution in [-0.4, -0.2) is 53.5 Å². The van der Waals surface area contributed by atoms with Gasteiger partial charge in [-0.1, -0.05) is 11.8 Å². The van der Waals surface area contributed by atoms with E-state index < -0.39 is 46.8 Å². The third-order valence-electron chi connectivity index (χ3n) is 6.29. The highest BCUT2D eigenvalue weighted by atomic mass is 32.2. The zero-order valence-corrected chi connectivity index (χ0v) is 20.4. The quantitative estimate of drug-likeness (QED) is 0.446. The van der Waals surface area contributed by atoms with Crippen molar-refractivity contribution in [1.82, 2.24) is 4.98 Å². The summed E-state index contributed by atoms with van der Waals surface area (Å²) in [5.74, 6) is -7.97. The summed E-state index contributed by atoms with van der Waals surface area (Å²) in [7, 11) is 1.53. The van der Waals surface area contributed by atoms with Gasteiger partial charge in [0.05, 0.1) is 23.1 Å². The van der Waals surface area contributed by atoms with Crippen LogP contribution in [0.5, 0.6) is 5.75 Å². The molecule has 1 aromatic heterocycles. The smallest absolute Gasteiger partial charge is 0.340 e. The molecule has 1 saturated carbocycles. The van der Waals surface area contributed by atoms with Gasteiger partial charge in [-0.25, -0.2) is 22.5 Å². The lowest BCUT2D eigenvalue weighted by Crippen LogP contribution is -2.38. The van der Waals surface area contributed by atoms with Crippen molar-refractivity contribution in [3.05, 3.63) is 53.4 Å². The fourth-order valence-electron chi connectivity index (χ4n) is 4.40. The SMILES string of the molecule is COC[C@]12CC1[C@@](C)(c1cc(NC(=O)c3ccc(OCC(F)(F)C(F)F)cn3)cc(F)c1F)N=C(N)S2. The lowest BCUT2D eigenvalue weighted by Gasteiger charge is -2.34. The van der Waals surface area contributed by atoms with Gasteiger partial charge in [0.2, 0.25) is 0 Å². The van der Waals surface area contributed by atoms with Crippen LogP contribution in [0.25, 0.3) is 0 Å². The van der Waals surface area contributed by atoms with E-state index in [1.54, 1.807) is 6.92 Å². The summed E-state index contributed by atoms with van der Waals surface area (Å²) in [6.07, 6.45) is -2.39. The minimum atomic E-state index is -4.35. The van der Waals surface area contributed by atoms with Crippen molar-refractivity contribution in [2.24, 2.45) is 16.6 Å². The average Bonchev–Trinajstić information content (AvgIpc) is 3.55. The molecule has 1 aliphatic heterocycles. The fourth-order valence-corrected chi connectivity index (χ4v) is 5.85. The number of halogens is 6. The van der Waals surface area contributed by atoms with Crippen molar-refractivity contribution in [3.63, 3.8) is 0 Å². The lowest BCUT2D eigenvalue weighted by molar-refractivity contribution is -0.148. The second kappa shape index (κ2) is 9.71. The number of methoxy groups -OCH3 is 1. The van der Waals surface area contributed by atoms with Gasteiger partial charge in [-0.3, -0.25) is 9.79 Å². The molecule has 1 aliphatic carbocycles. The number of pyridine rings is 1. The first-order valence-electron chi connectivity index (χ1n) is 10.9. The number of nitrogens with zero attached hydrogens (tertiary/aromatic N) is 2. The molecule has 37 heavy (non-hydrogen) atoms. The van der Waals surface area contributed by atoms with Crippen molar-refractivity contribution in [2.45, 2.75) is 36.0 Å². The molecule has 0 radical (unpaired) electrons. The molecule has 14 heteroatoms. The van der Waals surface area contributed by atoms with Crippen LogP contribution in [0.4, 0.5) is 32.0 Å². The van der Waals surface area contributed by atoms with Gasteiger partial charge in [0, 0.05) is 30.3 Å². The van der Waals surface area contributed by atoms with Crippen LogP contribution in [0.15, 0.2) is 35.5 Å². The largest absolute Gasteiger partial charge is 0.485 e. The van der Waals surface area contributed by atoms with Gasteiger partial charge in [-0.05, 0) is 31.5 Å². The molecule has 4 rings (SSSR count). The molecule has 3 atom stereocenters. The molecule has 200 valence electrons. The van der Waals surface area contributed by atoms with Crippen LogP contribution in [0, 0.1) is 17.6 Å². The maximum Gasteiger partial charge on any atom is 0.340 e. The van der Waals surface area contributed by atoms with Gasteiger partial charge in [0.1, 0.15) is 11.4 Å². The highest BCUT2D eigenvalue weighted by Gasteiger charge is 2.66. The highest BCUT2D eigenvalue weighted by Crippen LogP contribution is 2.66. The summed E-state index contributed by atoms with van der Waals surface area (Å²) < 4.78 is 89.6. The van der Waals surface area contributed by atoms with Crippen LogP contribution in [0.2, 0.25) is 0 Å². The first-order chi connectivity index (χ1) is 17.3. The van der Waals surface area contributed by atoms with Gasteiger partial charge in [0.25, 0.3) is 5.91 Å². The van der Waals surface area contributed by atoms with E-state index in [0.29, 0.717) is 13.0 Å². The van der Waals surface area contributed by atoms with Gasteiger partial charge in [-0.15, -0.1) is 0 Å². The van der Waals surface area contributed by atoms with E-state index in [2.05, 4.69) is 20.0 Å². The number of benzene rings is 1. The summed E-state index contributed by atoms with van der Waals surface area (Å²) in [5.41, 5.74) is 4.41. The molecule has 3 N–H and O–H groups in total. The molecule has 1 amide bonds. The third kappa shape index (κ3) is 5.21. The lowest BCUT2D eigenvalue weighted by atomic mass is 9.85. The Balaban J connectivity index is 1.53. The van der Waals surface area contributed by atoms with Gasteiger partial charge >= 0.3 is 12.3 Å². The Morgan fingerprint density at radius 2 is 2.05 bits per heavy atom. The number of hydrogen-bond donors (Lipinski definition) is 2. The van der Waals surface area contributed by atoms with E-state index in [9.17, 15) is 31.1 Å². The van der Waals surface area contributed by atoms with E-state index in [-0.39, 0.29) is 33.8 Å². The minimum Gasteiger partial charge on any atom is -0.485 e. The summed E-state index contributed by atoms with van der Waals surface area (Å²) in [6, 6.07) is 4.24. The number of nitrogens with two attached hydrogens (primary N) is 1. The van der Waals surface area contributed by atoms with Gasteiger partial charge < -0.3 is 20.5 Å². The van der Waals surface area contributed by atoms with Crippen LogP contribution >= 0.6 is 11.8 Å². The third-order valence-corrected chi connectivity index (χ3v) is 7.57. The number of carbonyl (C=O) groups excluding carboxylic acids is 1. The number of amides is 1. The number of aromatic nitrogens is 1. The average molecular weight is 549 g/mol. The molecule has 2 aliphatic rings. The molecular weight excluding hydrogens is 526 g/mol. The van der Waals surface area contributed by atoms with E-state index in [1.165, 1.54) is 24.9 Å². The number of ether oxygens (including phenoxy) is 2. The van der Waals surface area contributed by atoms with Gasteiger partial charge in [-0.2, -0.15) is 8.78 Å². The number of carbonyl (C=O) groups is 1. The predicted molar refractivity (Wildman–Crippen MR) is 124 cm³/mol. The number of rotatable bonds is 9. The number of aliphatic imine (C=N–C) groups is 1. The number of thioether (sulfide) groups is 1. The standard InChI is InChI=1S/C23H22F6N4O3S/c1-21(16-7-22(16,9-35-2)37-20(30)33-21)13-5-11(6-14(24)17(13)25)32-18(34)15-4-3-12(8-31-15)36-10-23(28,29)19(26)27/h3-6,8,16,19H,7,9-10H2,1-2H3,(H2,30,33)(H,32,34)/t16?,21-,22-/m1/s1. The number of amidine groups is 1. The molecule has 1 fully saturated rings. The van der Waals surface area contributed by atoms with E-state index in [4.69, 9.17) is 10.5 Å². The van der Waals surface area contributed by atoms with Crippen LogP contribution in [0.1, 0.15) is 29.4 Å². The molecular formula is C23H22F6N4O3S. The summed E-state index contributed by atoms with van der Waals surface area (Å²) >= 11 is 1.33. The molecule has 0 saturated heterocycles. The Morgan fingerprint density at radius 3 is 2.68 bits per heavy atom. The Bertz CT molecular complexity index is 1230. The summed E-state index contributed by atoms with van der Waals surface area (Å²) in [4.78, 5) is 20.8. The van der Waals surface area contributed by atoms with E-state index in [0.717, 1.165) is 24.4 Å². The molecule has 2 aromatic rings. The summed E-state index contributed by atoms with van der Waals surface area (Å²) in [6.45, 7) is 0.412. The fraction of sp³-hybridized carbons (Fsp3) is 0.435. The molecule has 1 aromatic carbocycles. The molecule has 0 spiro atoms. The van der Waals surface area contributed by atoms with E-state index >= 15 is 0 Å². The van der Waals surface area contributed by atoms with E-state index in [1.807, 2.05) is 0 Å². The number of alkyl halides is 4. The molecule has 0 bridgehead atoms. The Hall–Kier alpha value is -3.00. The zero-order chi connectivity index (χ0) is 27.2. The monoisotopic (exact) mass is 548 g/mol.